The van der Waals surface area contributed by atoms with E-state index in [4.69, 9.17) is 0 Å². The average Bonchev–Trinajstić information content (AvgIpc) is 3.18. The van der Waals surface area contributed by atoms with Crippen LogP contribution in [-0.2, 0) is 29.4 Å². The van der Waals surface area contributed by atoms with Gasteiger partial charge in [0.2, 0.25) is 10.0 Å². The number of benzene rings is 1. The van der Waals surface area contributed by atoms with Gasteiger partial charge in [-0.15, -0.1) is 35.3 Å². The number of rotatable bonds is 9. The van der Waals surface area contributed by atoms with Crippen LogP contribution in [0.15, 0.2) is 40.4 Å². The van der Waals surface area contributed by atoms with Gasteiger partial charge in [-0.2, -0.15) is 4.31 Å². The number of sulfonamides is 1. The highest BCUT2D eigenvalue weighted by Gasteiger charge is 2.22. The van der Waals surface area contributed by atoms with Crippen LogP contribution in [0, 0.1) is 0 Å². The normalized spacial score (nSPS) is 12.2. The number of aliphatic imine (C=N–C) groups is 1. The van der Waals surface area contributed by atoms with Crippen LogP contribution >= 0.6 is 35.3 Å². The van der Waals surface area contributed by atoms with Crippen LogP contribution in [0.25, 0.3) is 0 Å². The molecule has 0 saturated carbocycles. The van der Waals surface area contributed by atoms with Gasteiger partial charge in [0.15, 0.2) is 5.96 Å². The Morgan fingerprint density at radius 3 is 2.43 bits per heavy atom. The molecule has 0 atom stereocenters. The van der Waals surface area contributed by atoms with Crippen molar-refractivity contribution >= 4 is 51.3 Å². The van der Waals surface area contributed by atoms with Crippen molar-refractivity contribution in [3.8, 4) is 0 Å². The fourth-order valence-electron chi connectivity index (χ4n) is 2.54. The van der Waals surface area contributed by atoms with E-state index in [2.05, 4.69) is 27.5 Å². The highest BCUT2D eigenvalue weighted by Crippen LogP contribution is 2.17. The van der Waals surface area contributed by atoms with E-state index in [1.54, 1.807) is 37.6 Å². The molecule has 0 aliphatic rings. The molecule has 2 N–H and O–H groups in total. The monoisotopic (exact) mass is 565 g/mol. The fraction of sp³-hybridized carbons (Fsp3) is 0.500. The Balaban J connectivity index is 0.00000450. The van der Waals surface area contributed by atoms with Crippen molar-refractivity contribution in [3.63, 3.8) is 0 Å². The topological polar surface area (TPSA) is 86.7 Å². The van der Waals surface area contributed by atoms with E-state index >= 15 is 0 Å². The molecule has 0 aliphatic carbocycles. The quantitative estimate of drug-likeness (QED) is 0.277. The van der Waals surface area contributed by atoms with Gasteiger partial charge >= 0.3 is 0 Å². The Labute approximate surface area is 201 Å². The summed E-state index contributed by atoms with van der Waals surface area (Å²) in [5, 5.41) is 7.65. The molecule has 0 saturated heterocycles. The molecule has 7 nitrogen and oxygen atoms in total. The molecule has 0 amide bonds. The van der Waals surface area contributed by atoms with Crippen LogP contribution in [-0.4, -0.2) is 50.3 Å². The number of aryl methyl sites for hydroxylation is 1. The summed E-state index contributed by atoms with van der Waals surface area (Å²) in [5.74, 6) is 0.702. The van der Waals surface area contributed by atoms with E-state index < -0.39 is 10.0 Å². The molecule has 2 aromatic rings. The summed E-state index contributed by atoms with van der Waals surface area (Å²) in [7, 11) is -0.133. The number of halogens is 1. The van der Waals surface area contributed by atoms with Gasteiger partial charge in [0, 0.05) is 50.7 Å². The summed E-state index contributed by atoms with van der Waals surface area (Å²) in [5.41, 5.74) is 0.978. The predicted molar refractivity (Wildman–Crippen MR) is 135 cm³/mol. The Kier molecular flexibility index (Phi) is 11.2. The van der Waals surface area contributed by atoms with Gasteiger partial charge in [-0.05, 0) is 38.0 Å². The van der Waals surface area contributed by atoms with Gasteiger partial charge in [0.1, 0.15) is 0 Å². The first-order valence-corrected chi connectivity index (χ1v) is 12.0. The lowest BCUT2D eigenvalue weighted by atomic mass is 10.2. The summed E-state index contributed by atoms with van der Waals surface area (Å²) >= 11 is 1.75. The second-order valence-electron chi connectivity index (χ2n) is 6.94. The minimum atomic E-state index is -3.46. The second-order valence-corrected chi connectivity index (χ2v) is 10.1. The molecule has 0 unspecified atom stereocenters. The van der Waals surface area contributed by atoms with Gasteiger partial charge in [-0.3, -0.25) is 4.99 Å². The van der Waals surface area contributed by atoms with Gasteiger partial charge in [0.25, 0.3) is 0 Å². The number of thiazole rings is 1. The summed E-state index contributed by atoms with van der Waals surface area (Å²) < 4.78 is 26.4. The molecule has 1 heterocycles. The standard InChI is InChI=1S/C20H31N5O2S2.HI/c1-6-17-14-23-19(28-17)11-12-22-20(21-4)24-13-16-7-9-18(10-8-16)29(26,27)25(5)15(2)3;/h7-10,14-15H,6,11-13H2,1-5H3,(H2,21,22,24);1H. The molecular formula is C20H32IN5O2S2. The first-order chi connectivity index (χ1) is 13.8. The first-order valence-electron chi connectivity index (χ1n) is 9.73. The van der Waals surface area contributed by atoms with Crippen molar-refractivity contribution < 1.29 is 8.42 Å². The van der Waals surface area contributed by atoms with Crippen LogP contribution in [0.3, 0.4) is 0 Å². The zero-order valence-electron chi connectivity index (χ0n) is 18.2. The summed E-state index contributed by atoms with van der Waals surface area (Å²) in [4.78, 5) is 10.2. The number of hydrogen-bond donors (Lipinski definition) is 2. The molecular weight excluding hydrogens is 533 g/mol. The van der Waals surface area contributed by atoms with Gasteiger partial charge in [-0.1, -0.05) is 19.1 Å². The smallest absolute Gasteiger partial charge is 0.243 e. The number of nitrogens with zero attached hydrogens (tertiary/aromatic N) is 3. The molecule has 0 bridgehead atoms. The lowest BCUT2D eigenvalue weighted by Crippen LogP contribution is -2.37. The summed E-state index contributed by atoms with van der Waals surface area (Å²) in [6.45, 7) is 7.13. The third-order valence-corrected chi connectivity index (χ3v) is 7.84. The van der Waals surface area contributed by atoms with Crippen molar-refractivity contribution in [2.24, 2.45) is 4.99 Å². The number of guanidine groups is 1. The summed E-state index contributed by atoms with van der Waals surface area (Å²) in [6.07, 6.45) is 3.80. The number of nitrogens with one attached hydrogen (secondary N) is 2. The van der Waals surface area contributed by atoms with Gasteiger partial charge in [0.05, 0.1) is 9.90 Å². The van der Waals surface area contributed by atoms with Crippen molar-refractivity contribution in [2.75, 3.05) is 20.6 Å². The molecule has 30 heavy (non-hydrogen) atoms. The Hall–Kier alpha value is -1.24. The maximum Gasteiger partial charge on any atom is 0.243 e. The molecule has 2 rings (SSSR count). The van der Waals surface area contributed by atoms with E-state index in [0.29, 0.717) is 17.4 Å². The lowest BCUT2D eigenvalue weighted by Gasteiger charge is -2.21. The fourth-order valence-corrected chi connectivity index (χ4v) is 4.77. The lowest BCUT2D eigenvalue weighted by molar-refractivity contribution is 0.410. The molecule has 0 aliphatic heterocycles. The minimum Gasteiger partial charge on any atom is -0.356 e. The SMILES string of the molecule is CCc1cnc(CCNC(=NC)NCc2ccc(S(=O)(=O)N(C)C(C)C)cc2)s1.I. The summed E-state index contributed by atoms with van der Waals surface area (Å²) in [6, 6.07) is 6.85. The van der Waals surface area contributed by atoms with Crippen LogP contribution in [0.2, 0.25) is 0 Å². The molecule has 1 aromatic heterocycles. The molecule has 0 fully saturated rings. The van der Waals surface area contributed by atoms with Crippen LogP contribution in [0.1, 0.15) is 36.2 Å². The van der Waals surface area contributed by atoms with Gasteiger partial charge in [-0.25, -0.2) is 13.4 Å². The maximum absolute atomic E-state index is 12.5. The third-order valence-electron chi connectivity index (χ3n) is 4.59. The highest BCUT2D eigenvalue weighted by atomic mass is 127. The van der Waals surface area contributed by atoms with Crippen molar-refractivity contribution in [3.05, 3.63) is 45.9 Å². The van der Waals surface area contributed by atoms with E-state index in [9.17, 15) is 8.42 Å². The molecule has 168 valence electrons. The average molecular weight is 566 g/mol. The van der Waals surface area contributed by atoms with Crippen LogP contribution in [0.5, 0.6) is 0 Å². The Morgan fingerprint density at radius 1 is 1.23 bits per heavy atom. The highest BCUT2D eigenvalue weighted by molar-refractivity contribution is 14.0. The molecule has 10 heteroatoms. The predicted octanol–water partition coefficient (Wildman–Crippen LogP) is 3.26. The van der Waals surface area contributed by atoms with Crippen LogP contribution < -0.4 is 10.6 Å². The Morgan fingerprint density at radius 2 is 1.90 bits per heavy atom. The van der Waals surface area contributed by atoms with Crippen LogP contribution in [0.4, 0.5) is 0 Å². The first kappa shape index (κ1) is 26.8. The van der Waals surface area contributed by atoms with Crippen molar-refractivity contribution in [2.45, 2.75) is 51.1 Å². The largest absolute Gasteiger partial charge is 0.356 e. The van der Waals surface area contributed by atoms with Crippen molar-refractivity contribution in [1.82, 2.24) is 19.9 Å². The number of aromatic nitrogens is 1. The minimum absolute atomic E-state index is 0. The third kappa shape index (κ3) is 7.47. The molecule has 0 spiro atoms. The van der Waals surface area contributed by atoms with Crippen molar-refractivity contribution in [1.29, 1.82) is 0 Å². The van der Waals surface area contributed by atoms with E-state index in [-0.39, 0.29) is 30.0 Å². The van der Waals surface area contributed by atoms with E-state index in [1.807, 2.05) is 32.2 Å². The van der Waals surface area contributed by atoms with E-state index in [0.717, 1.165) is 30.0 Å². The molecule has 1 aromatic carbocycles. The zero-order chi connectivity index (χ0) is 21.4. The second kappa shape index (κ2) is 12.6. The Bertz CT molecular complexity index is 912. The number of hydrogen-bond acceptors (Lipinski definition) is 5. The van der Waals surface area contributed by atoms with Gasteiger partial charge < -0.3 is 10.6 Å². The maximum atomic E-state index is 12.5. The zero-order valence-corrected chi connectivity index (χ0v) is 22.1. The van der Waals surface area contributed by atoms with E-state index in [1.165, 1.54) is 9.18 Å². The molecule has 0 radical (unpaired) electrons.